The minimum Gasteiger partial charge on any atom is -0.481 e. The number of ketones is 1. The van der Waals surface area contributed by atoms with E-state index in [4.69, 9.17) is 5.11 Å². The molecule has 0 aliphatic heterocycles. The Morgan fingerprint density at radius 1 is 1.00 bits per heavy atom. The first-order valence-electron chi connectivity index (χ1n) is 8.30. The molecule has 0 aliphatic carbocycles. The van der Waals surface area contributed by atoms with Gasteiger partial charge in [-0.2, -0.15) is 0 Å². The normalized spacial score (nSPS) is 13.0. The highest BCUT2D eigenvalue weighted by Crippen LogP contribution is 2.08. The van der Waals surface area contributed by atoms with E-state index in [1.54, 1.807) is 6.08 Å². The van der Waals surface area contributed by atoms with Crippen LogP contribution in [0, 0.1) is 0 Å². The van der Waals surface area contributed by atoms with E-state index in [2.05, 4.69) is 19.1 Å². The molecule has 0 spiro atoms. The van der Waals surface area contributed by atoms with Crippen LogP contribution in [0.4, 0.5) is 0 Å². The number of hydrogen-bond donors (Lipinski definition) is 2. The minimum atomic E-state index is -0.922. The molecular formula is C18H30O4. The number of aliphatic carboxylic acids is 1. The van der Waals surface area contributed by atoms with E-state index in [0.29, 0.717) is 19.3 Å². The number of allylic oxidation sites excluding steroid dienone is 4. The smallest absolute Gasteiger partial charge is 0.303 e. The van der Waals surface area contributed by atoms with E-state index in [0.717, 1.165) is 19.3 Å². The van der Waals surface area contributed by atoms with Crippen molar-refractivity contribution in [1.82, 2.24) is 0 Å². The number of carbonyl (C=O) groups excluding carboxylic acids is 1. The van der Waals surface area contributed by atoms with Gasteiger partial charge in [0, 0.05) is 12.8 Å². The molecule has 0 aromatic carbocycles. The van der Waals surface area contributed by atoms with Gasteiger partial charge in [-0.05, 0) is 25.7 Å². The number of rotatable bonds is 14. The molecular weight excluding hydrogens is 280 g/mol. The molecule has 0 aromatic rings. The van der Waals surface area contributed by atoms with Crippen LogP contribution in [0.2, 0.25) is 0 Å². The topological polar surface area (TPSA) is 74.6 Å². The Morgan fingerprint density at radius 2 is 1.73 bits per heavy atom. The summed E-state index contributed by atoms with van der Waals surface area (Å²) in [5.74, 6) is -0.963. The molecule has 0 heterocycles. The van der Waals surface area contributed by atoms with Crippen molar-refractivity contribution in [2.45, 2.75) is 77.2 Å². The van der Waals surface area contributed by atoms with Crippen LogP contribution in [-0.2, 0) is 9.59 Å². The van der Waals surface area contributed by atoms with Crippen molar-refractivity contribution in [3.63, 3.8) is 0 Å². The Bertz CT molecular complexity index is 358. The molecule has 1 unspecified atom stereocenters. The number of hydrogen-bond acceptors (Lipinski definition) is 3. The van der Waals surface area contributed by atoms with Crippen molar-refractivity contribution in [3.05, 3.63) is 24.3 Å². The van der Waals surface area contributed by atoms with Crippen LogP contribution >= 0.6 is 0 Å². The van der Waals surface area contributed by atoms with E-state index in [-0.39, 0.29) is 18.6 Å². The third-order valence-corrected chi connectivity index (χ3v) is 3.39. The second kappa shape index (κ2) is 14.5. The first-order chi connectivity index (χ1) is 10.6. The Balaban J connectivity index is 3.64. The van der Waals surface area contributed by atoms with Gasteiger partial charge in [0.25, 0.3) is 0 Å². The molecule has 4 nitrogen and oxygen atoms in total. The van der Waals surface area contributed by atoms with Gasteiger partial charge < -0.3 is 10.2 Å². The fraction of sp³-hybridized carbons (Fsp3) is 0.667. The summed E-state index contributed by atoms with van der Waals surface area (Å²) >= 11 is 0. The van der Waals surface area contributed by atoms with Crippen LogP contribution < -0.4 is 0 Å². The van der Waals surface area contributed by atoms with Gasteiger partial charge in [-0.1, -0.05) is 56.9 Å². The molecule has 2 N–H and O–H groups in total. The summed E-state index contributed by atoms with van der Waals surface area (Å²) in [6, 6.07) is 0. The van der Waals surface area contributed by atoms with Crippen LogP contribution in [0.25, 0.3) is 0 Å². The van der Waals surface area contributed by atoms with Crippen LogP contribution in [-0.4, -0.2) is 28.1 Å². The number of carbonyl (C=O) groups is 2. The molecule has 0 amide bonds. The van der Waals surface area contributed by atoms with Gasteiger partial charge in [0.2, 0.25) is 0 Å². The van der Waals surface area contributed by atoms with Crippen LogP contribution in [0.1, 0.15) is 71.1 Å². The number of unbranched alkanes of at least 4 members (excludes halogenated alkanes) is 4. The Kier molecular flexibility index (Phi) is 13.6. The van der Waals surface area contributed by atoms with Gasteiger partial charge in [-0.15, -0.1) is 0 Å². The van der Waals surface area contributed by atoms with Gasteiger partial charge >= 0.3 is 5.97 Å². The molecule has 0 rings (SSSR count). The molecule has 126 valence electrons. The van der Waals surface area contributed by atoms with Crippen LogP contribution in [0.5, 0.6) is 0 Å². The van der Waals surface area contributed by atoms with Gasteiger partial charge in [0.1, 0.15) is 6.10 Å². The Labute approximate surface area is 133 Å². The summed E-state index contributed by atoms with van der Waals surface area (Å²) in [7, 11) is 0. The highest BCUT2D eigenvalue weighted by Gasteiger charge is 2.12. The maximum Gasteiger partial charge on any atom is 0.303 e. The summed E-state index contributed by atoms with van der Waals surface area (Å²) in [4.78, 5) is 22.0. The zero-order valence-electron chi connectivity index (χ0n) is 13.7. The molecule has 4 heteroatoms. The lowest BCUT2D eigenvalue weighted by Gasteiger charge is -2.07. The molecule has 0 saturated carbocycles. The summed E-state index contributed by atoms with van der Waals surface area (Å²) in [5, 5.41) is 18.2. The molecule has 0 bridgehead atoms. The van der Waals surface area contributed by atoms with Gasteiger partial charge in [-0.3, -0.25) is 9.59 Å². The van der Waals surface area contributed by atoms with Crippen molar-refractivity contribution in [1.29, 1.82) is 0 Å². The number of aliphatic hydroxyl groups excluding tert-OH is 1. The summed E-state index contributed by atoms with van der Waals surface area (Å²) in [6.45, 7) is 2.16. The van der Waals surface area contributed by atoms with E-state index >= 15 is 0 Å². The number of Topliss-reactive ketones (excluding diaryl/α,β-unsaturated/α-hetero) is 1. The van der Waals surface area contributed by atoms with Crippen LogP contribution in [0.3, 0.4) is 0 Å². The Morgan fingerprint density at radius 3 is 2.41 bits per heavy atom. The highest BCUT2D eigenvalue weighted by molar-refractivity contribution is 5.84. The monoisotopic (exact) mass is 310 g/mol. The fourth-order valence-corrected chi connectivity index (χ4v) is 2.00. The van der Waals surface area contributed by atoms with Crippen molar-refractivity contribution in [2.75, 3.05) is 0 Å². The highest BCUT2D eigenvalue weighted by atomic mass is 16.4. The van der Waals surface area contributed by atoms with Crippen LogP contribution in [0.15, 0.2) is 24.3 Å². The third-order valence-electron chi connectivity index (χ3n) is 3.39. The average Bonchev–Trinajstić information content (AvgIpc) is 2.48. The lowest BCUT2D eigenvalue weighted by molar-refractivity contribution is -0.137. The summed E-state index contributed by atoms with van der Waals surface area (Å²) < 4.78 is 0. The zero-order chi connectivity index (χ0) is 16.6. The molecule has 0 fully saturated rings. The standard InChI is InChI=1S/C18H30O4/c1-2-3-4-5-6-7-8-10-13-16(19)17(20)14-11-9-12-15-18(21)22/h5-6,8,10,17,20H,2-4,7,9,11-15H2,1H3,(H,21,22)/b6-5-,10-8-. The van der Waals surface area contributed by atoms with Crippen molar-refractivity contribution >= 4 is 11.8 Å². The largest absolute Gasteiger partial charge is 0.481 e. The molecule has 0 aliphatic rings. The maximum atomic E-state index is 11.7. The predicted molar refractivity (Wildman–Crippen MR) is 88.8 cm³/mol. The second-order valence-corrected chi connectivity index (χ2v) is 5.50. The fourth-order valence-electron chi connectivity index (χ4n) is 2.00. The van der Waals surface area contributed by atoms with Gasteiger partial charge in [0.05, 0.1) is 0 Å². The van der Waals surface area contributed by atoms with E-state index in [1.807, 2.05) is 6.08 Å². The summed E-state index contributed by atoms with van der Waals surface area (Å²) in [6.07, 6.45) is 14.2. The lowest BCUT2D eigenvalue weighted by Crippen LogP contribution is -2.19. The second-order valence-electron chi connectivity index (χ2n) is 5.50. The van der Waals surface area contributed by atoms with Crippen molar-refractivity contribution in [2.24, 2.45) is 0 Å². The number of carboxylic acids is 1. The minimum absolute atomic E-state index is 0.151. The van der Waals surface area contributed by atoms with E-state index < -0.39 is 12.1 Å². The maximum absolute atomic E-state index is 11.7. The van der Waals surface area contributed by atoms with Crippen molar-refractivity contribution in [3.8, 4) is 0 Å². The predicted octanol–water partition coefficient (Wildman–Crippen LogP) is 4.03. The van der Waals surface area contributed by atoms with Crippen molar-refractivity contribution < 1.29 is 19.8 Å². The zero-order valence-corrected chi connectivity index (χ0v) is 13.7. The third kappa shape index (κ3) is 13.6. The van der Waals surface area contributed by atoms with E-state index in [1.165, 1.54) is 12.8 Å². The summed E-state index contributed by atoms with van der Waals surface area (Å²) in [5.41, 5.74) is 0. The molecule has 0 aromatic heterocycles. The first kappa shape index (κ1) is 20.6. The SMILES string of the molecule is CCCC/C=C\C/C=C\CC(=O)C(O)CCCCCC(=O)O. The Hall–Kier alpha value is -1.42. The first-order valence-corrected chi connectivity index (χ1v) is 8.30. The molecule has 1 atom stereocenters. The van der Waals surface area contributed by atoms with Gasteiger partial charge in [-0.25, -0.2) is 0 Å². The van der Waals surface area contributed by atoms with E-state index in [9.17, 15) is 14.7 Å². The quantitative estimate of drug-likeness (QED) is 0.375. The number of carboxylic acid groups (broad SMARTS) is 1. The molecule has 0 saturated heterocycles. The van der Waals surface area contributed by atoms with Gasteiger partial charge in [0.15, 0.2) is 5.78 Å². The average molecular weight is 310 g/mol. The molecule has 22 heavy (non-hydrogen) atoms. The lowest BCUT2D eigenvalue weighted by atomic mass is 10.0. The number of aliphatic hydroxyl groups is 1. The molecule has 0 radical (unpaired) electrons.